The molecule has 0 saturated heterocycles. The third-order valence-electron chi connectivity index (χ3n) is 4.33. The van der Waals surface area contributed by atoms with Crippen LogP contribution >= 0.6 is 0 Å². The van der Waals surface area contributed by atoms with E-state index in [9.17, 15) is 23.1 Å². The first-order valence-corrected chi connectivity index (χ1v) is 11.6. The minimum Gasteiger partial charge on any atom is -0.493 e. The summed E-state index contributed by atoms with van der Waals surface area (Å²) in [6.45, 7) is 5.91. The Morgan fingerprint density at radius 3 is 2.43 bits per heavy atom. The van der Waals surface area contributed by atoms with Gasteiger partial charge < -0.3 is 25.6 Å². The summed E-state index contributed by atoms with van der Waals surface area (Å²) in [5.41, 5.74) is 6.63. The molecule has 0 bridgehead atoms. The molecule has 1 rings (SSSR count). The first-order valence-electron chi connectivity index (χ1n) is 9.78. The Balaban J connectivity index is 2.71. The van der Waals surface area contributed by atoms with E-state index in [1.807, 2.05) is 20.8 Å². The number of carbonyl (C=O) groups is 2. The zero-order valence-electron chi connectivity index (χ0n) is 17.9. The second kappa shape index (κ2) is 11.8. The van der Waals surface area contributed by atoms with Crippen LogP contribution in [0.5, 0.6) is 11.5 Å². The zero-order valence-corrected chi connectivity index (χ0v) is 18.7. The predicted octanol–water partition coefficient (Wildman–Crippen LogP) is 1.51. The topological polar surface area (TPSA) is 145 Å². The summed E-state index contributed by atoms with van der Waals surface area (Å²) in [5, 5.41) is 11.5. The van der Waals surface area contributed by atoms with Crippen molar-refractivity contribution in [1.82, 2.24) is 5.32 Å². The minimum atomic E-state index is -3.65. The number of ether oxygens (including phenoxy) is 2. The summed E-state index contributed by atoms with van der Waals surface area (Å²) in [7, 11) is -2.15. The molecule has 0 heterocycles. The molecule has 9 nitrogen and oxygen atoms in total. The molecular weight excluding hydrogens is 412 g/mol. The highest BCUT2D eigenvalue weighted by molar-refractivity contribution is 7.91. The summed E-state index contributed by atoms with van der Waals surface area (Å²) < 4.78 is 35.5. The number of rotatable bonds is 13. The average Bonchev–Trinajstić information content (AvgIpc) is 2.65. The van der Waals surface area contributed by atoms with Crippen LogP contribution in [0.25, 0.3) is 0 Å². The number of nitrogens with one attached hydrogen (secondary N) is 1. The third kappa shape index (κ3) is 8.58. The van der Waals surface area contributed by atoms with Crippen LogP contribution in [0.4, 0.5) is 0 Å². The lowest BCUT2D eigenvalue weighted by Gasteiger charge is -2.17. The van der Waals surface area contributed by atoms with Crippen molar-refractivity contribution in [3.63, 3.8) is 0 Å². The van der Waals surface area contributed by atoms with E-state index in [0.29, 0.717) is 23.7 Å². The second-order valence-electron chi connectivity index (χ2n) is 7.40. The maximum Gasteiger partial charge on any atom is 0.326 e. The number of hydrogen-bond acceptors (Lipinski definition) is 7. The van der Waals surface area contributed by atoms with Crippen LogP contribution in [0.1, 0.15) is 45.2 Å². The Morgan fingerprint density at radius 2 is 1.90 bits per heavy atom. The lowest BCUT2D eigenvalue weighted by atomic mass is 10.0. The van der Waals surface area contributed by atoms with E-state index in [2.05, 4.69) is 5.32 Å². The maximum atomic E-state index is 12.4. The molecule has 0 unspecified atom stereocenters. The van der Waals surface area contributed by atoms with E-state index < -0.39 is 39.6 Å². The molecule has 170 valence electrons. The number of hydrogen-bond donors (Lipinski definition) is 3. The number of amides is 1. The monoisotopic (exact) mass is 444 g/mol. The SMILES string of the molecule is CCOc1cc([C@H](N)CS(=O)(=O)CCC(=O)N[C@@H](CC(C)C)C(=O)O)ccc1OC. The first kappa shape index (κ1) is 25.7. The van der Waals surface area contributed by atoms with Gasteiger partial charge in [-0.1, -0.05) is 19.9 Å². The highest BCUT2D eigenvalue weighted by atomic mass is 32.2. The summed E-state index contributed by atoms with van der Waals surface area (Å²) in [4.78, 5) is 23.3. The van der Waals surface area contributed by atoms with Gasteiger partial charge in [0.25, 0.3) is 0 Å². The zero-order chi connectivity index (χ0) is 22.9. The van der Waals surface area contributed by atoms with Crippen LogP contribution in [0.3, 0.4) is 0 Å². The lowest BCUT2D eigenvalue weighted by Crippen LogP contribution is -2.42. The summed E-state index contributed by atoms with van der Waals surface area (Å²) in [6, 6.07) is 3.10. The molecule has 30 heavy (non-hydrogen) atoms. The van der Waals surface area contributed by atoms with Crippen molar-refractivity contribution in [2.75, 3.05) is 25.2 Å². The van der Waals surface area contributed by atoms with E-state index in [1.54, 1.807) is 18.2 Å². The van der Waals surface area contributed by atoms with E-state index in [0.717, 1.165) is 0 Å². The average molecular weight is 445 g/mol. The van der Waals surface area contributed by atoms with E-state index in [4.69, 9.17) is 15.2 Å². The normalized spacial score (nSPS) is 13.5. The number of methoxy groups -OCH3 is 1. The minimum absolute atomic E-state index is 0.0687. The van der Waals surface area contributed by atoms with Gasteiger partial charge in [0, 0.05) is 12.5 Å². The van der Waals surface area contributed by atoms with Crippen molar-refractivity contribution in [1.29, 1.82) is 0 Å². The van der Waals surface area contributed by atoms with Gasteiger partial charge >= 0.3 is 5.97 Å². The Bertz CT molecular complexity index is 824. The fourth-order valence-electron chi connectivity index (χ4n) is 2.85. The van der Waals surface area contributed by atoms with Crippen LogP contribution in [0.2, 0.25) is 0 Å². The van der Waals surface area contributed by atoms with Gasteiger partial charge in [0.05, 0.1) is 25.2 Å². The number of carbonyl (C=O) groups excluding carboxylic acids is 1. The maximum absolute atomic E-state index is 12.4. The molecule has 1 aromatic carbocycles. The third-order valence-corrected chi connectivity index (χ3v) is 6.02. The lowest BCUT2D eigenvalue weighted by molar-refractivity contribution is -0.142. The van der Waals surface area contributed by atoms with E-state index >= 15 is 0 Å². The molecule has 0 aromatic heterocycles. The van der Waals surface area contributed by atoms with Crippen molar-refractivity contribution in [3.05, 3.63) is 23.8 Å². The smallest absolute Gasteiger partial charge is 0.326 e. The Morgan fingerprint density at radius 1 is 1.23 bits per heavy atom. The van der Waals surface area contributed by atoms with Crippen LogP contribution in [0.15, 0.2) is 18.2 Å². The van der Waals surface area contributed by atoms with Gasteiger partial charge in [-0.15, -0.1) is 0 Å². The largest absolute Gasteiger partial charge is 0.493 e. The van der Waals surface area contributed by atoms with Crippen LogP contribution < -0.4 is 20.5 Å². The van der Waals surface area contributed by atoms with Gasteiger partial charge in [0.1, 0.15) is 6.04 Å². The van der Waals surface area contributed by atoms with Crippen molar-refractivity contribution in [2.45, 2.75) is 45.7 Å². The number of sulfone groups is 1. The molecule has 0 saturated carbocycles. The number of benzene rings is 1. The summed E-state index contributed by atoms with van der Waals surface area (Å²) in [5.74, 6) is -1.49. The molecule has 10 heteroatoms. The molecule has 0 aliphatic heterocycles. The molecule has 0 spiro atoms. The molecule has 2 atom stereocenters. The van der Waals surface area contributed by atoms with Gasteiger partial charge in [0.2, 0.25) is 5.91 Å². The molecule has 0 aliphatic carbocycles. The molecule has 1 amide bonds. The van der Waals surface area contributed by atoms with Crippen molar-refractivity contribution in [2.24, 2.45) is 11.7 Å². The Hall–Kier alpha value is -2.33. The summed E-state index contributed by atoms with van der Waals surface area (Å²) >= 11 is 0. The number of aliphatic carboxylic acids is 1. The Labute approximate surface area is 177 Å². The highest BCUT2D eigenvalue weighted by Gasteiger charge is 2.24. The van der Waals surface area contributed by atoms with Crippen LogP contribution in [-0.2, 0) is 19.4 Å². The van der Waals surface area contributed by atoms with Gasteiger partial charge in [-0.05, 0) is 37.0 Å². The van der Waals surface area contributed by atoms with Gasteiger partial charge in [0.15, 0.2) is 21.3 Å². The van der Waals surface area contributed by atoms with E-state index in [-0.39, 0.29) is 24.5 Å². The fourth-order valence-corrected chi connectivity index (χ4v) is 4.26. The Kier molecular flexibility index (Phi) is 10.1. The highest BCUT2D eigenvalue weighted by Crippen LogP contribution is 2.30. The van der Waals surface area contributed by atoms with Crippen molar-refractivity contribution in [3.8, 4) is 11.5 Å². The van der Waals surface area contributed by atoms with Crippen LogP contribution in [-0.4, -0.2) is 56.7 Å². The molecule has 0 aliphatic rings. The molecule has 0 fully saturated rings. The van der Waals surface area contributed by atoms with Gasteiger partial charge in [-0.2, -0.15) is 0 Å². The number of nitrogens with two attached hydrogens (primary N) is 1. The second-order valence-corrected chi connectivity index (χ2v) is 9.63. The molecular formula is C20H32N2O7S. The predicted molar refractivity (Wildman–Crippen MR) is 113 cm³/mol. The van der Waals surface area contributed by atoms with E-state index in [1.165, 1.54) is 7.11 Å². The fraction of sp³-hybridized carbons (Fsp3) is 0.600. The van der Waals surface area contributed by atoms with Gasteiger partial charge in [-0.3, -0.25) is 4.79 Å². The van der Waals surface area contributed by atoms with Crippen molar-refractivity contribution >= 4 is 21.7 Å². The van der Waals surface area contributed by atoms with Crippen LogP contribution in [0, 0.1) is 5.92 Å². The quantitative estimate of drug-likeness (QED) is 0.415. The summed E-state index contributed by atoms with van der Waals surface area (Å²) in [6.07, 6.45) is -0.0674. The standard InChI is InChI=1S/C20H32N2O7S/c1-5-29-18-11-14(6-7-17(18)28-4)15(21)12-30(26,27)9-8-19(23)22-16(20(24)25)10-13(2)3/h6-7,11,13,15-16H,5,8-10,12,21H2,1-4H3,(H,22,23)(H,24,25)/t15-,16+/m1/s1. The van der Waals surface area contributed by atoms with Crippen molar-refractivity contribution < 1.29 is 32.6 Å². The first-order chi connectivity index (χ1) is 14.0. The number of carboxylic acid groups (broad SMARTS) is 1. The van der Waals surface area contributed by atoms with Gasteiger partial charge in [-0.25, -0.2) is 13.2 Å². The molecule has 1 aromatic rings. The molecule has 4 N–H and O–H groups in total. The number of carboxylic acids is 1. The molecule has 0 radical (unpaired) electrons.